The molecular formula is C20H23N. The van der Waals surface area contributed by atoms with Gasteiger partial charge in [-0.3, -0.25) is 0 Å². The first kappa shape index (κ1) is 13.1. The van der Waals surface area contributed by atoms with E-state index in [2.05, 4.69) is 65.6 Å². The number of fused-ring (bicyclic) bond motifs is 1. The number of hydrogen-bond donors (Lipinski definition) is 0. The van der Waals surface area contributed by atoms with E-state index in [4.69, 9.17) is 0 Å². The summed E-state index contributed by atoms with van der Waals surface area (Å²) in [5.41, 5.74) is 3.04. The number of piperidine rings is 1. The standard InChI is InChI=1S/C20H23N/c1-3-8-16(9-4-1)10-7-13-21-14-18-19(15-21)20(18)17-11-5-2-6-12-17/h1-6,8-9,11-12,18-20H,7,10,13-15H2. The maximum absolute atomic E-state index is 2.68. The van der Waals surface area contributed by atoms with Crippen LogP contribution < -0.4 is 0 Å². The van der Waals surface area contributed by atoms with Gasteiger partial charge in [0, 0.05) is 13.1 Å². The van der Waals surface area contributed by atoms with Crippen LogP contribution in [0, 0.1) is 11.8 Å². The zero-order valence-electron chi connectivity index (χ0n) is 12.5. The van der Waals surface area contributed by atoms with Crippen LogP contribution in [0.4, 0.5) is 0 Å². The fraction of sp³-hybridized carbons (Fsp3) is 0.400. The monoisotopic (exact) mass is 277 g/mol. The molecule has 0 spiro atoms. The molecule has 2 aromatic carbocycles. The first-order valence-electron chi connectivity index (χ1n) is 8.23. The lowest BCUT2D eigenvalue weighted by molar-refractivity contribution is 0.294. The molecular weight excluding hydrogens is 254 g/mol. The van der Waals surface area contributed by atoms with Crippen LogP contribution >= 0.6 is 0 Å². The molecule has 2 aromatic rings. The molecule has 0 bridgehead atoms. The molecule has 4 rings (SSSR count). The van der Waals surface area contributed by atoms with E-state index >= 15 is 0 Å². The molecule has 1 aliphatic heterocycles. The molecule has 1 nitrogen and oxygen atoms in total. The van der Waals surface area contributed by atoms with Gasteiger partial charge >= 0.3 is 0 Å². The van der Waals surface area contributed by atoms with E-state index in [1.165, 1.54) is 38.0 Å². The third-order valence-corrected chi connectivity index (χ3v) is 5.24. The van der Waals surface area contributed by atoms with Gasteiger partial charge < -0.3 is 4.90 Å². The van der Waals surface area contributed by atoms with Crippen LogP contribution in [0.1, 0.15) is 23.5 Å². The van der Waals surface area contributed by atoms with Gasteiger partial charge in [-0.15, -0.1) is 0 Å². The average molecular weight is 277 g/mol. The van der Waals surface area contributed by atoms with Crippen LogP contribution in [0.5, 0.6) is 0 Å². The van der Waals surface area contributed by atoms with E-state index < -0.39 is 0 Å². The predicted molar refractivity (Wildman–Crippen MR) is 87.4 cm³/mol. The summed E-state index contributed by atoms with van der Waals surface area (Å²) in [7, 11) is 0. The predicted octanol–water partition coefficient (Wildman–Crippen LogP) is 3.96. The minimum Gasteiger partial charge on any atom is -0.303 e. The number of nitrogens with zero attached hydrogens (tertiary/aromatic N) is 1. The van der Waals surface area contributed by atoms with Crippen LogP contribution in [0.2, 0.25) is 0 Å². The highest BCUT2D eigenvalue weighted by Gasteiger charge is 2.55. The van der Waals surface area contributed by atoms with Gasteiger partial charge in [-0.2, -0.15) is 0 Å². The second-order valence-electron chi connectivity index (χ2n) is 6.61. The van der Waals surface area contributed by atoms with Crippen LogP contribution in [0.3, 0.4) is 0 Å². The van der Waals surface area contributed by atoms with Crippen molar-refractivity contribution in [2.24, 2.45) is 11.8 Å². The first-order chi connectivity index (χ1) is 10.4. The second kappa shape index (κ2) is 5.65. The van der Waals surface area contributed by atoms with E-state index in [0.29, 0.717) is 0 Å². The van der Waals surface area contributed by atoms with E-state index in [9.17, 15) is 0 Å². The van der Waals surface area contributed by atoms with Crippen LogP contribution in [-0.2, 0) is 6.42 Å². The third-order valence-electron chi connectivity index (χ3n) is 5.24. The SMILES string of the molecule is c1ccc(CCCN2CC3C(C2)C3c2ccccc2)cc1. The third kappa shape index (κ3) is 2.75. The summed E-state index contributed by atoms with van der Waals surface area (Å²) in [5.74, 6) is 2.73. The van der Waals surface area contributed by atoms with Crippen LogP contribution in [0.25, 0.3) is 0 Å². The zero-order valence-corrected chi connectivity index (χ0v) is 12.5. The summed E-state index contributed by atoms with van der Waals surface area (Å²) in [6.45, 7) is 3.90. The highest BCUT2D eigenvalue weighted by molar-refractivity contribution is 5.30. The maximum Gasteiger partial charge on any atom is 0.00191 e. The molecule has 2 fully saturated rings. The summed E-state index contributed by atoms with van der Waals surface area (Å²) in [5, 5.41) is 0. The molecule has 0 radical (unpaired) electrons. The van der Waals surface area contributed by atoms with Gasteiger partial charge in [0.25, 0.3) is 0 Å². The molecule has 0 N–H and O–H groups in total. The fourth-order valence-corrected chi connectivity index (χ4v) is 4.12. The average Bonchev–Trinajstić information content (AvgIpc) is 3.05. The lowest BCUT2D eigenvalue weighted by Gasteiger charge is -2.19. The van der Waals surface area contributed by atoms with Crippen molar-refractivity contribution >= 4 is 0 Å². The van der Waals surface area contributed by atoms with Gasteiger partial charge in [0.05, 0.1) is 0 Å². The van der Waals surface area contributed by atoms with Gasteiger partial charge in [0.1, 0.15) is 0 Å². The highest BCUT2D eigenvalue weighted by Crippen LogP contribution is 2.58. The van der Waals surface area contributed by atoms with Crippen molar-refractivity contribution in [3.8, 4) is 0 Å². The normalized spacial score (nSPS) is 27.5. The zero-order chi connectivity index (χ0) is 14.1. The smallest absolute Gasteiger partial charge is 0.00191 e. The highest BCUT2D eigenvalue weighted by atomic mass is 15.2. The molecule has 2 unspecified atom stereocenters. The molecule has 1 aliphatic carbocycles. The topological polar surface area (TPSA) is 3.24 Å². The molecule has 2 atom stereocenters. The van der Waals surface area contributed by atoms with E-state index in [-0.39, 0.29) is 0 Å². The molecule has 1 saturated heterocycles. The Balaban J connectivity index is 1.23. The Labute approximate surface area is 127 Å². The van der Waals surface area contributed by atoms with Crippen molar-refractivity contribution in [1.82, 2.24) is 4.90 Å². The summed E-state index contributed by atoms with van der Waals surface area (Å²) in [6, 6.07) is 22.0. The van der Waals surface area contributed by atoms with Gasteiger partial charge in [0.15, 0.2) is 0 Å². The number of likely N-dealkylation sites (tertiary alicyclic amines) is 1. The van der Waals surface area contributed by atoms with E-state index in [0.717, 1.165) is 17.8 Å². The molecule has 1 saturated carbocycles. The molecule has 1 heterocycles. The number of benzene rings is 2. The first-order valence-corrected chi connectivity index (χ1v) is 8.23. The van der Waals surface area contributed by atoms with Crippen molar-refractivity contribution in [3.05, 3.63) is 71.8 Å². The Morgan fingerprint density at radius 3 is 2.10 bits per heavy atom. The molecule has 0 amide bonds. The van der Waals surface area contributed by atoms with Crippen LogP contribution in [0.15, 0.2) is 60.7 Å². The van der Waals surface area contributed by atoms with Crippen LogP contribution in [-0.4, -0.2) is 24.5 Å². The Hall–Kier alpha value is -1.60. The molecule has 108 valence electrons. The number of aryl methyl sites for hydroxylation is 1. The van der Waals surface area contributed by atoms with E-state index in [1.807, 2.05) is 0 Å². The van der Waals surface area contributed by atoms with Crippen molar-refractivity contribution in [2.75, 3.05) is 19.6 Å². The van der Waals surface area contributed by atoms with Gasteiger partial charge in [-0.25, -0.2) is 0 Å². The second-order valence-corrected chi connectivity index (χ2v) is 6.61. The molecule has 2 aliphatic rings. The lowest BCUT2D eigenvalue weighted by atomic mass is 10.1. The molecule has 1 heteroatoms. The Kier molecular flexibility index (Phi) is 3.52. The van der Waals surface area contributed by atoms with Gasteiger partial charge in [-0.05, 0) is 48.3 Å². The van der Waals surface area contributed by atoms with Gasteiger partial charge in [-0.1, -0.05) is 60.7 Å². The summed E-state index contributed by atoms with van der Waals surface area (Å²) in [6.07, 6.45) is 2.51. The molecule has 21 heavy (non-hydrogen) atoms. The van der Waals surface area contributed by atoms with Crippen molar-refractivity contribution in [1.29, 1.82) is 0 Å². The Morgan fingerprint density at radius 2 is 1.43 bits per heavy atom. The lowest BCUT2D eigenvalue weighted by Crippen LogP contribution is -2.25. The summed E-state index contributed by atoms with van der Waals surface area (Å²) in [4.78, 5) is 2.68. The minimum atomic E-state index is 0.858. The largest absolute Gasteiger partial charge is 0.303 e. The van der Waals surface area contributed by atoms with Crippen molar-refractivity contribution < 1.29 is 0 Å². The Bertz CT molecular complexity index is 565. The fourth-order valence-electron chi connectivity index (χ4n) is 4.12. The Morgan fingerprint density at radius 1 is 0.810 bits per heavy atom. The molecule has 0 aromatic heterocycles. The number of hydrogen-bond acceptors (Lipinski definition) is 1. The summed E-state index contributed by atoms with van der Waals surface area (Å²) >= 11 is 0. The van der Waals surface area contributed by atoms with Crippen molar-refractivity contribution in [3.63, 3.8) is 0 Å². The summed E-state index contributed by atoms with van der Waals surface area (Å²) < 4.78 is 0. The van der Waals surface area contributed by atoms with E-state index in [1.54, 1.807) is 5.56 Å². The minimum absolute atomic E-state index is 0.858. The van der Waals surface area contributed by atoms with Gasteiger partial charge in [0.2, 0.25) is 0 Å². The number of rotatable bonds is 5. The van der Waals surface area contributed by atoms with Crippen molar-refractivity contribution in [2.45, 2.75) is 18.8 Å². The maximum atomic E-state index is 2.68. The quantitative estimate of drug-likeness (QED) is 0.799.